The fraction of sp³-hybridized carbons (Fsp3) is 0.261. The molecular formula is C23H23N7O2S. The van der Waals surface area contributed by atoms with Crippen LogP contribution in [0.1, 0.15) is 18.4 Å². The molecule has 2 heterocycles. The fourth-order valence-electron chi connectivity index (χ4n) is 3.63. The number of rotatable bonds is 5. The molecule has 0 saturated carbocycles. The third-order valence-electron chi connectivity index (χ3n) is 5.35. The maximum absolute atomic E-state index is 12.9. The molecule has 3 amide bonds. The minimum absolute atomic E-state index is 0.293. The van der Waals surface area contributed by atoms with Crippen molar-refractivity contribution >= 4 is 39.8 Å². The second kappa shape index (κ2) is 9.67. The lowest BCUT2D eigenvalue weighted by Crippen LogP contribution is -2.45. The van der Waals surface area contributed by atoms with E-state index in [0.29, 0.717) is 34.4 Å². The van der Waals surface area contributed by atoms with E-state index in [4.69, 9.17) is 5.26 Å². The van der Waals surface area contributed by atoms with Crippen LogP contribution in [0.4, 0.5) is 21.3 Å². The van der Waals surface area contributed by atoms with Gasteiger partial charge in [-0.2, -0.15) is 5.26 Å². The van der Waals surface area contributed by atoms with E-state index in [-0.39, 0.29) is 11.9 Å². The SMILES string of the molecule is CN(C)c1ccc(-c2nnc(NC(=O)C3CCCN3C(=O)Nc3cccc(C#N)c3)s2)cc1. The number of aromatic nitrogens is 2. The Hall–Kier alpha value is -3.97. The summed E-state index contributed by atoms with van der Waals surface area (Å²) in [6.45, 7) is 0.474. The Morgan fingerprint density at radius 2 is 1.94 bits per heavy atom. The van der Waals surface area contributed by atoms with Gasteiger partial charge in [0.05, 0.1) is 11.6 Å². The summed E-state index contributed by atoms with van der Waals surface area (Å²) in [5.41, 5.74) is 2.96. The number of amides is 3. The molecule has 1 aliphatic rings. The van der Waals surface area contributed by atoms with Crippen LogP contribution in [0.15, 0.2) is 48.5 Å². The van der Waals surface area contributed by atoms with Crippen molar-refractivity contribution in [3.8, 4) is 16.6 Å². The molecule has 168 valence electrons. The van der Waals surface area contributed by atoms with Gasteiger partial charge in [0.25, 0.3) is 0 Å². The molecule has 1 aliphatic heterocycles. The molecule has 1 unspecified atom stereocenters. The van der Waals surface area contributed by atoms with E-state index in [1.165, 1.54) is 16.2 Å². The lowest BCUT2D eigenvalue weighted by Gasteiger charge is -2.23. The summed E-state index contributed by atoms with van der Waals surface area (Å²) in [5, 5.41) is 24.0. The quantitative estimate of drug-likeness (QED) is 0.598. The predicted molar refractivity (Wildman–Crippen MR) is 128 cm³/mol. The number of carbonyl (C=O) groups excluding carboxylic acids is 2. The Morgan fingerprint density at radius 3 is 2.67 bits per heavy atom. The van der Waals surface area contributed by atoms with E-state index in [1.54, 1.807) is 24.3 Å². The Kier molecular flexibility index (Phi) is 6.51. The first-order valence-corrected chi connectivity index (χ1v) is 11.3. The van der Waals surface area contributed by atoms with E-state index in [9.17, 15) is 9.59 Å². The van der Waals surface area contributed by atoms with Crippen molar-refractivity contribution in [2.75, 3.05) is 36.2 Å². The van der Waals surface area contributed by atoms with Crippen molar-refractivity contribution in [2.45, 2.75) is 18.9 Å². The summed E-state index contributed by atoms with van der Waals surface area (Å²) in [4.78, 5) is 29.2. The molecule has 33 heavy (non-hydrogen) atoms. The van der Waals surface area contributed by atoms with Crippen molar-refractivity contribution in [1.82, 2.24) is 15.1 Å². The molecule has 2 N–H and O–H groups in total. The van der Waals surface area contributed by atoms with Crippen molar-refractivity contribution in [1.29, 1.82) is 5.26 Å². The largest absolute Gasteiger partial charge is 0.378 e. The molecule has 4 rings (SSSR count). The molecule has 1 saturated heterocycles. The van der Waals surface area contributed by atoms with Crippen molar-refractivity contribution in [3.05, 3.63) is 54.1 Å². The van der Waals surface area contributed by atoms with Crippen molar-refractivity contribution in [3.63, 3.8) is 0 Å². The Bertz CT molecular complexity index is 1200. The normalized spacial score (nSPS) is 15.1. The van der Waals surface area contributed by atoms with E-state index >= 15 is 0 Å². The maximum Gasteiger partial charge on any atom is 0.322 e. The number of carbonyl (C=O) groups is 2. The summed E-state index contributed by atoms with van der Waals surface area (Å²) in [7, 11) is 3.95. The number of anilines is 3. The van der Waals surface area contributed by atoms with Gasteiger partial charge in [0.15, 0.2) is 0 Å². The highest BCUT2D eigenvalue weighted by atomic mass is 32.1. The molecule has 0 aliphatic carbocycles. The minimum Gasteiger partial charge on any atom is -0.378 e. The average Bonchev–Trinajstić information content (AvgIpc) is 3.49. The lowest BCUT2D eigenvalue weighted by molar-refractivity contribution is -0.119. The number of urea groups is 1. The first kappa shape index (κ1) is 22.2. The molecule has 0 spiro atoms. The van der Waals surface area contributed by atoms with Gasteiger partial charge in [-0.3, -0.25) is 10.1 Å². The first-order valence-electron chi connectivity index (χ1n) is 10.4. The molecule has 0 bridgehead atoms. The Labute approximate surface area is 195 Å². The van der Waals surface area contributed by atoms with Crippen molar-refractivity contribution < 1.29 is 9.59 Å². The standard InChI is InChI=1S/C23H23N7O2S/c1-29(2)18-10-8-16(9-11-18)21-27-28-22(33-21)26-20(31)19-7-4-12-30(19)23(32)25-17-6-3-5-15(13-17)14-24/h3,5-6,8-11,13,19H,4,7,12H2,1-2H3,(H,25,32)(H,26,28,31). The van der Waals surface area contributed by atoms with Gasteiger partial charge in [-0.1, -0.05) is 17.4 Å². The van der Waals surface area contributed by atoms with Gasteiger partial charge in [-0.15, -0.1) is 10.2 Å². The van der Waals surface area contributed by atoms with Crippen LogP contribution in [0.2, 0.25) is 0 Å². The summed E-state index contributed by atoms with van der Waals surface area (Å²) in [5.74, 6) is -0.293. The molecule has 9 nitrogen and oxygen atoms in total. The van der Waals surface area contributed by atoms with Gasteiger partial charge < -0.3 is 15.1 Å². The fourth-order valence-corrected chi connectivity index (χ4v) is 4.38. The van der Waals surface area contributed by atoms with Crippen LogP contribution in [0.3, 0.4) is 0 Å². The van der Waals surface area contributed by atoms with Gasteiger partial charge in [-0.05, 0) is 55.3 Å². The third-order valence-corrected chi connectivity index (χ3v) is 6.23. The molecule has 3 aromatic rings. The number of nitriles is 1. The number of hydrogen-bond acceptors (Lipinski definition) is 7. The minimum atomic E-state index is -0.601. The highest BCUT2D eigenvalue weighted by molar-refractivity contribution is 7.18. The number of nitrogens with one attached hydrogen (secondary N) is 2. The van der Waals surface area contributed by atoms with E-state index in [0.717, 1.165) is 17.7 Å². The maximum atomic E-state index is 12.9. The highest BCUT2D eigenvalue weighted by Crippen LogP contribution is 2.29. The van der Waals surface area contributed by atoms with Crippen LogP contribution in [0.25, 0.3) is 10.6 Å². The van der Waals surface area contributed by atoms with Crippen LogP contribution < -0.4 is 15.5 Å². The van der Waals surface area contributed by atoms with E-state index in [1.807, 2.05) is 49.3 Å². The van der Waals surface area contributed by atoms with Gasteiger partial charge in [0.1, 0.15) is 11.0 Å². The molecule has 0 radical (unpaired) electrons. The molecule has 1 atom stereocenters. The molecule has 1 fully saturated rings. The molecular weight excluding hydrogens is 438 g/mol. The number of likely N-dealkylation sites (tertiary alicyclic amines) is 1. The second-order valence-corrected chi connectivity index (χ2v) is 8.79. The van der Waals surface area contributed by atoms with Crippen molar-refractivity contribution in [2.24, 2.45) is 0 Å². The average molecular weight is 462 g/mol. The molecule has 10 heteroatoms. The smallest absolute Gasteiger partial charge is 0.322 e. The van der Waals surface area contributed by atoms with Gasteiger partial charge in [-0.25, -0.2) is 4.79 Å². The predicted octanol–water partition coefficient (Wildman–Crippen LogP) is 3.78. The topological polar surface area (TPSA) is 114 Å². The van der Waals surface area contributed by atoms with Crippen LogP contribution in [0.5, 0.6) is 0 Å². The van der Waals surface area contributed by atoms with Crippen LogP contribution >= 0.6 is 11.3 Å². The zero-order chi connectivity index (χ0) is 23.4. The first-order chi connectivity index (χ1) is 15.9. The number of benzene rings is 2. The summed E-state index contributed by atoms with van der Waals surface area (Å²) in [6.07, 6.45) is 1.29. The zero-order valence-corrected chi connectivity index (χ0v) is 19.1. The van der Waals surface area contributed by atoms with Gasteiger partial charge >= 0.3 is 6.03 Å². The molecule has 1 aromatic heterocycles. The van der Waals surface area contributed by atoms with E-state index < -0.39 is 6.04 Å². The van der Waals surface area contributed by atoms with Gasteiger partial charge in [0, 0.05) is 37.6 Å². The highest BCUT2D eigenvalue weighted by Gasteiger charge is 2.34. The second-order valence-electron chi connectivity index (χ2n) is 7.82. The monoisotopic (exact) mass is 461 g/mol. The summed E-state index contributed by atoms with van der Waals surface area (Å²) >= 11 is 1.29. The summed E-state index contributed by atoms with van der Waals surface area (Å²) < 4.78 is 0. The number of hydrogen-bond donors (Lipinski definition) is 2. The van der Waals surface area contributed by atoms with Gasteiger partial charge in [0.2, 0.25) is 11.0 Å². The van der Waals surface area contributed by atoms with Crippen LogP contribution in [0, 0.1) is 11.3 Å². The number of nitrogens with zero attached hydrogens (tertiary/aromatic N) is 5. The van der Waals surface area contributed by atoms with E-state index in [2.05, 4.69) is 20.8 Å². The summed E-state index contributed by atoms with van der Waals surface area (Å²) in [6, 6.07) is 15.6. The lowest BCUT2D eigenvalue weighted by atomic mass is 10.2. The third kappa shape index (κ3) is 5.10. The Balaban J connectivity index is 1.40. The Morgan fingerprint density at radius 1 is 1.15 bits per heavy atom. The molecule has 2 aromatic carbocycles. The van der Waals surface area contributed by atoms with Crippen LogP contribution in [-0.4, -0.2) is 53.7 Å². The van der Waals surface area contributed by atoms with Crippen LogP contribution in [-0.2, 0) is 4.79 Å². The zero-order valence-electron chi connectivity index (χ0n) is 18.3.